The van der Waals surface area contributed by atoms with Crippen molar-refractivity contribution in [2.45, 2.75) is 45.6 Å². The maximum absolute atomic E-state index is 12.6. The van der Waals surface area contributed by atoms with Crippen molar-refractivity contribution in [1.82, 2.24) is 0 Å². The Morgan fingerprint density at radius 2 is 1.67 bits per heavy atom. The van der Waals surface area contributed by atoms with Crippen molar-refractivity contribution in [3.63, 3.8) is 0 Å². The molecule has 2 atom stereocenters. The Bertz CT molecular complexity index is 662. The van der Waals surface area contributed by atoms with Crippen LogP contribution >= 0.6 is 11.6 Å². The molecule has 4 nitrogen and oxygen atoms in total. The molecule has 3 rings (SSSR count). The average molecular weight is 348 g/mol. The number of hydrogen-bond acceptors (Lipinski definition) is 3. The molecule has 0 aromatic heterocycles. The highest BCUT2D eigenvalue weighted by molar-refractivity contribution is 6.48. The van der Waals surface area contributed by atoms with E-state index in [1.807, 2.05) is 0 Å². The Kier molecular flexibility index (Phi) is 4.77. The van der Waals surface area contributed by atoms with Gasteiger partial charge in [-0.2, -0.15) is 0 Å². The van der Waals surface area contributed by atoms with E-state index in [9.17, 15) is 14.4 Å². The molecule has 1 aromatic carbocycles. The fraction of sp³-hybridized carbons (Fsp3) is 0.526. The molecule has 1 aliphatic carbocycles. The van der Waals surface area contributed by atoms with Crippen molar-refractivity contribution in [2.24, 2.45) is 17.8 Å². The Hall–Kier alpha value is -1.68. The first kappa shape index (κ1) is 17.2. The highest BCUT2D eigenvalue weighted by atomic mass is 35.5. The van der Waals surface area contributed by atoms with E-state index in [1.54, 1.807) is 29.2 Å². The van der Waals surface area contributed by atoms with E-state index in [4.69, 9.17) is 11.6 Å². The molecule has 0 N–H and O–H groups in total. The SMILES string of the molecule is CC(=O)C1C(=O)C(=O)N(c2ccc(Cl)cc2)C1C1CCC(C)CC1. The minimum absolute atomic E-state index is 0.182. The summed E-state index contributed by atoms with van der Waals surface area (Å²) in [6.07, 6.45) is 4.03. The van der Waals surface area contributed by atoms with E-state index in [0.29, 0.717) is 16.6 Å². The lowest BCUT2D eigenvalue weighted by atomic mass is 9.75. The molecular weight excluding hydrogens is 326 g/mol. The van der Waals surface area contributed by atoms with Crippen LogP contribution in [-0.2, 0) is 14.4 Å². The van der Waals surface area contributed by atoms with Gasteiger partial charge in [0.05, 0.1) is 6.04 Å². The lowest BCUT2D eigenvalue weighted by Gasteiger charge is -2.37. The first-order chi connectivity index (χ1) is 11.4. The fourth-order valence-electron chi connectivity index (χ4n) is 4.12. The Morgan fingerprint density at radius 3 is 2.21 bits per heavy atom. The Labute approximate surface area is 147 Å². The highest BCUT2D eigenvalue weighted by Crippen LogP contribution is 2.41. The van der Waals surface area contributed by atoms with Crippen LogP contribution in [0.2, 0.25) is 5.02 Å². The fourth-order valence-corrected chi connectivity index (χ4v) is 4.24. The molecule has 5 heteroatoms. The van der Waals surface area contributed by atoms with E-state index in [1.165, 1.54) is 6.92 Å². The molecule has 0 spiro atoms. The summed E-state index contributed by atoms with van der Waals surface area (Å²) in [6.45, 7) is 3.64. The number of halogens is 1. The van der Waals surface area contributed by atoms with E-state index in [-0.39, 0.29) is 17.7 Å². The van der Waals surface area contributed by atoms with Crippen LogP contribution in [0.1, 0.15) is 39.5 Å². The van der Waals surface area contributed by atoms with Crippen LogP contribution in [0.25, 0.3) is 0 Å². The number of hydrogen-bond donors (Lipinski definition) is 0. The highest BCUT2D eigenvalue weighted by Gasteiger charge is 2.53. The van der Waals surface area contributed by atoms with Crippen LogP contribution in [-0.4, -0.2) is 23.5 Å². The monoisotopic (exact) mass is 347 g/mol. The van der Waals surface area contributed by atoms with Crippen LogP contribution < -0.4 is 4.90 Å². The molecule has 128 valence electrons. The number of benzene rings is 1. The molecule has 1 aliphatic heterocycles. The largest absolute Gasteiger partial charge is 0.301 e. The Balaban J connectivity index is 2.00. The summed E-state index contributed by atoms with van der Waals surface area (Å²) in [4.78, 5) is 38.8. The second-order valence-electron chi connectivity index (χ2n) is 7.11. The summed E-state index contributed by atoms with van der Waals surface area (Å²) < 4.78 is 0. The average Bonchev–Trinajstić information content (AvgIpc) is 2.81. The number of carbonyl (C=O) groups is 3. The smallest absolute Gasteiger partial charge is 0.295 e. The van der Waals surface area contributed by atoms with Crippen molar-refractivity contribution >= 4 is 34.8 Å². The topological polar surface area (TPSA) is 54.5 Å². The van der Waals surface area contributed by atoms with Crippen molar-refractivity contribution in [3.8, 4) is 0 Å². The maximum Gasteiger partial charge on any atom is 0.295 e. The summed E-state index contributed by atoms with van der Waals surface area (Å²) in [5.74, 6) is -1.35. The molecule has 24 heavy (non-hydrogen) atoms. The summed E-state index contributed by atoms with van der Waals surface area (Å²) >= 11 is 5.94. The zero-order chi connectivity index (χ0) is 17.4. The van der Waals surface area contributed by atoms with Crippen molar-refractivity contribution < 1.29 is 14.4 Å². The molecule has 1 saturated carbocycles. The molecule has 2 fully saturated rings. The zero-order valence-corrected chi connectivity index (χ0v) is 14.8. The van der Waals surface area contributed by atoms with Gasteiger partial charge in [0.1, 0.15) is 11.7 Å². The van der Waals surface area contributed by atoms with Gasteiger partial charge in [-0.1, -0.05) is 31.4 Å². The lowest BCUT2D eigenvalue weighted by Crippen LogP contribution is -2.44. The predicted octanol–water partition coefficient (Wildman–Crippen LogP) is 3.66. The summed E-state index contributed by atoms with van der Waals surface area (Å²) in [7, 11) is 0. The minimum atomic E-state index is -0.841. The normalized spacial score (nSPS) is 30.7. The molecule has 0 radical (unpaired) electrons. The van der Waals surface area contributed by atoms with Gasteiger partial charge in [0.15, 0.2) is 0 Å². The van der Waals surface area contributed by atoms with Gasteiger partial charge in [0.25, 0.3) is 5.91 Å². The van der Waals surface area contributed by atoms with Crippen LogP contribution in [0, 0.1) is 17.8 Å². The van der Waals surface area contributed by atoms with Crippen molar-refractivity contribution in [2.75, 3.05) is 4.90 Å². The third kappa shape index (κ3) is 3.00. The van der Waals surface area contributed by atoms with E-state index in [0.717, 1.165) is 25.7 Å². The van der Waals surface area contributed by atoms with Crippen LogP contribution in [0.3, 0.4) is 0 Å². The van der Waals surface area contributed by atoms with Crippen LogP contribution in [0.5, 0.6) is 0 Å². The summed E-state index contributed by atoms with van der Waals surface area (Å²) in [5.41, 5.74) is 0.644. The van der Waals surface area contributed by atoms with Gasteiger partial charge in [-0.25, -0.2) is 0 Å². The minimum Gasteiger partial charge on any atom is -0.301 e. The molecule has 1 aromatic rings. The second kappa shape index (κ2) is 6.67. The molecule has 2 aliphatic rings. The second-order valence-corrected chi connectivity index (χ2v) is 7.55. The maximum atomic E-state index is 12.6. The van der Waals surface area contributed by atoms with Crippen molar-refractivity contribution in [1.29, 1.82) is 0 Å². The number of anilines is 1. The number of rotatable bonds is 3. The Morgan fingerprint density at radius 1 is 1.08 bits per heavy atom. The van der Waals surface area contributed by atoms with Crippen LogP contribution in [0.4, 0.5) is 5.69 Å². The first-order valence-corrected chi connectivity index (χ1v) is 8.91. The van der Waals surface area contributed by atoms with Gasteiger partial charge in [-0.15, -0.1) is 0 Å². The summed E-state index contributed by atoms with van der Waals surface area (Å²) in [5, 5.41) is 0.572. The molecule has 1 saturated heterocycles. The molecular formula is C19H22ClNO3. The third-order valence-electron chi connectivity index (χ3n) is 5.44. The van der Waals surface area contributed by atoms with Crippen molar-refractivity contribution in [3.05, 3.63) is 29.3 Å². The first-order valence-electron chi connectivity index (χ1n) is 8.53. The molecule has 0 bridgehead atoms. The quantitative estimate of drug-likeness (QED) is 0.619. The van der Waals surface area contributed by atoms with Gasteiger partial charge >= 0.3 is 0 Å². The molecule has 2 unspecified atom stereocenters. The number of carbonyl (C=O) groups excluding carboxylic acids is 3. The molecule has 1 amide bonds. The van der Waals surface area contributed by atoms with Crippen LogP contribution in [0.15, 0.2) is 24.3 Å². The molecule has 1 heterocycles. The zero-order valence-electron chi connectivity index (χ0n) is 14.0. The third-order valence-corrected chi connectivity index (χ3v) is 5.69. The van der Waals surface area contributed by atoms with E-state index < -0.39 is 17.6 Å². The van der Waals surface area contributed by atoms with Gasteiger partial charge in [0.2, 0.25) is 5.78 Å². The predicted molar refractivity (Wildman–Crippen MR) is 93.0 cm³/mol. The standard InChI is InChI=1S/C19H22ClNO3/c1-11-3-5-13(6-4-11)17-16(12(2)22)18(23)19(24)21(17)15-9-7-14(20)8-10-15/h7-11,13,16-17H,3-6H2,1-2H3. The number of amides is 1. The lowest BCUT2D eigenvalue weighted by molar-refractivity contribution is -0.138. The number of nitrogens with zero attached hydrogens (tertiary/aromatic N) is 1. The van der Waals surface area contributed by atoms with E-state index >= 15 is 0 Å². The van der Waals surface area contributed by atoms with Gasteiger partial charge in [0, 0.05) is 10.7 Å². The van der Waals surface area contributed by atoms with Gasteiger partial charge in [-0.05, 0) is 55.9 Å². The summed E-state index contributed by atoms with van der Waals surface area (Å²) in [6, 6.07) is 6.53. The van der Waals surface area contributed by atoms with Gasteiger partial charge in [-0.3, -0.25) is 14.4 Å². The number of ketones is 2. The number of Topliss-reactive ketones (excluding diaryl/α,β-unsaturated/α-hetero) is 2. The van der Waals surface area contributed by atoms with E-state index in [2.05, 4.69) is 6.92 Å². The van der Waals surface area contributed by atoms with Gasteiger partial charge < -0.3 is 4.90 Å².